The van der Waals surface area contributed by atoms with Gasteiger partial charge in [0.15, 0.2) is 10.3 Å². The van der Waals surface area contributed by atoms with E-state index in [1.807, 2.05) is 0 Å². The first-order chi connectivity index (χ1) is 7.70. The van der Waals surface area contributed by atoms with Crippen LogP contribution in [0.25, 0.3) is 0 Å². The van der Waals surface area contributed by atoms with Gasteiger partial charge >= 0.3 is 0 Å². The van der Waals surface area contributed by atoms with Gasteiger partial charge in [0.05, 0.1) is 5.69 Å². The van der Waals surface area contributed by atoms with Crippen molar-refractivity contribution in [1.82, 2.24) is 10.2 Å². The second-order valence-electron chi connectivity index (χ2n) is 3.80. The summed E-state index contributed by atoms with van der Waals surface area (Å²) in [6, 6.07) is 1.71. The van der Waals surface area contributed by atoms with E-state index in [0.29, 0.717) is 10.3 Å². The monoisotopic (exact) mass is 259 g/mol. The minimum atomic E-state index is 0.167. The van der Waals surface area contributed by atoms with Gasteiger partial charge in [-0.1, -0.05) is 23.2 Å². The second-order valence-corrected chi connectivity index (χ2v) is 4.55. The molecule has 0 bridgehead atoms. The first kappa shape index (κ1) is 11.6. The van der Waals surface area contributed by atoms with Crippen molar-refractivity contribution in [1.29, 1.82) is 0 Å². The van der Waals surface area contributed by atoms with Crippen molar-refractivity contribution in [2.75, 3.05) is 18.0 Å². The number of carbonyl (C=O) groups excluding carboxylic acids is 1. The van der Waals surface area contributed by atoms with Crippen LogP contribution in [0.4, 0.5) is 5.69 Å². The van der Waals surface area contributed by atoms with Crippen LogP contribution in [-0.2, 0) is 4.79 Å². The highest BCUT2D eigenvalue weighted by Gasteiger charge is 2.21. The largest absolute Gasteiger partial charge is 0.369 e. The predicted molar refractivity (Wildman–Crippen MR) is 63.1 cm³/mol. The first-order valence-corrected chi connectivity index (χ1v) is 5.85. The van der Waals surface area contributed by atoms with E-state index in [-0.39, 0.29) is 5.92 Å². The van der Waals surface area contributed by atoms with Crippen LogP contribution < -0.4 is 4.90 Å². The topological polar surface area (TPSA) is 46.1 Å². The summed E-state index contributed by atoms with van der Waals surface area (Å²) in [5, 5.41) is 8.12. The van der Waals surface area contributed by atoms with Crippen LogP contribution in [0.1, 0.15) is 12.8 Å². The summed E-state index contributed by atoms with van der Waals surface area (Å²) in [6.45, 7) is 1.59. The van der Waals surface area contributed by atoms with Gasteiger partial charge in [-0.3, -0.25) is 0 Å². The zero-order valence-corrected chi connectivity index (χ0v) is 10.1. The Balaban J connectivity index is 2.13. The molecular formula is C10H11Cl2N3O. The minimum absolute atomic E-state index is 0.167. The van der Waals surface area contributed by atoms with E-state index >= 15 is 0 Å². The summed E-state index contributed by atoms with van der Waals surface area (Å²) < 4.78 is 0. The summed E-state index contributed by atoms with van der Waals surface area (Å²) >= 11 is 11.7. The molecule has 2 heterocycles. The Labute approximate surface area is 104 Å². The lowest BCUT2D eigenvalue weighted by Gasteiger charge is -2.31. The maximum atomic E-state index is 10.6. The molecule has 0 unspecified atom stereocenters. The van der Waals surface area contributed by atoms with Gasteiger partial charge in [-0.05, 0) is 12.8 Å². The molecule has 1 aliphatic rings. The van der Waals surface area contributed by atoms with Crippen molar-refractivity contribution >= 4 is 35.2 Å². The number of carbonyl (C=O) groups is 1. The fraction of sp³-hybridized carbons (Fsp3) is 0.500. The molecule has 4 nitrogen and oxygen atoms in total. The zero-order valence-electron chi connectivity index (χ0n) is 8.57. The Bertz CT molecular complexity index is 392. The van der Waals surface area contributed by atoms with Gasteiger partial charge in [0.25, 0.3) is 0 Å². The lowest BCUT2D eigenvalue weighted by atomic mass is 9.98. The van der Waals surface area contributed by atoms with Crippen LogP contribution in [0, 0.1) is 5.92 Å². The number of anilines is 1. The van der Waals surface area contributed by atoms with Crippen LogP contribution in [0.2, 0.25) is 10.3 Å². The standard InChI is InChI=1S/C10H11Cl2N3O/c11-9-5-8(10(12)14-13-9)15-3-1-7(6-16)2-4-15/h5-7H,1-4H2. The fourth-order valence-electron chi connectivity index (χ4n) is 1.84. The number of piperidine rings is 1. The molecule has 0 atom stereocenters. The lowest BCUT2D eigenvalue weighted by molar-refractivity contribution is -0.111. The number of aromatic nitrogens is 2. The molecule has 0 N–H and O–H groups in total. The molecule has 1 aromatic heterocycles. The molecule has 16 heavy (non-hydrogen) atoms. The quantitative estimate of drug-likeness (QED) is 0.765. The van der Waals surface area contributed by atoms with Crippen LogP contribution in [-0.4, -0.2) is 29.6 Å². The predicted octanol–water partition coefficient (Wildman–Crippen LogP) is 2.20. The molecule has 2 rings (SSSR count). The normalized spacial score (nSPS) is 17.5. The molecule has 6 heteroatoms. The van der Waals surface area contributed by atoms with Gasteiger partial charge in [0.1, 0.15) is 6.29 Å². The van der Waals surface area contributed by atoms with Gasteiger partial charge in [-0.15, -0.1) is 10.2 Å². The summed E-state index contributed by atoms with van der Waals surface area (Å²) in [4.78, 5) is 12.7. The van der Waals surface area contributed by atoms with Crippen molar-refractivity contribution in [3.05, 3.63) is 16.4 Å². The molecule has 0 radical (unpaired) electrons. The van der Waals surface area contributed by atoms with Crippen LogP contribution in [0.15, 0.2) is 6.07 Å². The molecular weight excluding hydrogens is 249 g/mol. The van der Waals surface area contributed by atoms with E-state index in [9.17, 15) is 4.79 Å². The van der Waals surface area contributed by atoms with E-state index < -0.39 is 0 Å². The molecule has 86 valence electrons. The third-order valence-electron chi connectivity index (χ3n) is 2.77. The van der Waals surface area contributed by atoms with Gasteiger partial charge in [0.2, 0.25) is 0 Å². The summed E-state index contributed by atoms with van der Waals surface area (Å²) in [7, 11) is 0. The zero-order chi connectivity index (χ0) is 11.5. The average Bonchev–Trinajstić information content (AvgIpc) is 2.32. The van der Waals surface area contributed by atoms with Gasteiger partial charge in [0, 0.05) is 25.1 Å². The average molecular weight is 260 g/mol. The number of aldehydes is 1. The maximum absolute atomic E-state index is 10.6. The van der Waals surface area contributed by atoms with Crippen molar-refractivity contribution in [2.24, 2.45) is 5.92 Å². The Hall–Kier alpha value is -0.870. The molecule has 0 saturated carbocycles. The number of hydrogen-bond donors (Lipinski definition) is 0. The summed E-state index contributed by atoms with van der Waals surface area (Å²) in [5.41, 5.74) is 0.797. The number of hydrogen-bond acceptors (Lipinski definition) is 4. The molecule has 0 spiro atoms. The number of rotatable bonds is 2. The van der Waals surface area contributed by atoms with Gasteiger partial charge in [-0.2, -0.15) is 0 Å². The van der Waals surface area contributed by atoms with E-state index in [0.717, 1.165) is 37.9 Å². The van der Waals surface area contributed by atoms with Crippen molar-refractivity contribution in [2.45, 2.75) is 12.8 Å². The van der Waals surface area contributed by atoms with Crippen molar-refractivity contribution < 1.29 is 4.79 Å². The molecule has 1 saturated heterocycles. The minimum Gasteiger partial charge on any atom is -0.369 e. The third kappa shape index (κ3) is 2.44. The molecule has 1 aliphatic heterocycles. The highest BCUT2D eigenvalue weighted by Crippen LogP contribution is 2.28. The Kier molecular flexibility index (Phi) is 3.61. The fourth-order valence-corrected chi connectivity index (χ4v) is 2.20. The molecule has 1 aromatic rings. The maximum Gasteiger partial charge on any atom is 0.175 e. The number of halogens is 2. The van der Waals surface area contributed by atoms with Crippen molar-refractivity contribution in [3.63, 3.8) is 0 Å². The van der Waals surface area contributed by atoms with E-state index in [1.165, 1.54) is 0 Å². The van der Waals surface area contributed by atoms with Crippen molar-refractivity contribution in [3.8, 4) is 0 Å². The molecule has 0 aliphatic carbocycles. The molecule has 0 amide bonds. The van der Waals surface area contributed by atoms with E-state index in [4.69, 9.17) is 23.2 Å². The lowest BCUT2D eigenvalue weighted by Crippen LogP contribution is -2.34. The molecule has 0 aromatic carbocycles. The number of nitrogens with zero attached hydrogens (tertiary/aromatic N) is 3. The second kappa shape index (κ2) is 4.97. The Morgan fingerprint density at radius 2 is 2.00 bits per heavy atom. The van der Waals surface area contributed by atoms with Gasteiger partial charge in [-0.25, -0.2) is 0 Å². The Morgan fingerprint density at radius 1 is 1.31 bits per heavy atom. The Morgan fingerprint density at radius 3 is 2.62 bits per heavy atom. The van der Waals surface area contributed by atoms with E-state index in [1.54, 1.807) is 6.07 Å². The van der Waals surface area contributed by atoms with Crippen LogP contribution in [0.3, 0.4) is 0 Å². The van der Waals surface area contributed by atoms with Crippen LogP contribution in [0.5, 0.6) is 0 Å². The summed E-state index contributed by atoms with van der Waals surface area (Å²) in [5.74, 6) is 0.167. The summed E-state index contributed by atoms with van der Waals surface area (Å²) in [6.07, 6.45) is 2.72. The van der Waals surface area contributed by atoms with Gasteiger partial charge < -0.3 is 9.69 Å². The molecule has 1 fully saturated rings. The SMILES string of the molecule is O=CC1CCN(c2cc(Cl)nnc2Cl)CC1. The highest BCUT2D eigenvalue weighted by atomic mass is 35.5. The first-order valence-electron chi connectivity index (χ1n) is 5.09. The third-order valence-corrected chi connectivity index (χ3v) is 3.23. The highest BCUT2D eigenvalue weighted by molar-refractivity contribution is 6.33. The van der Waals surface area contributed by atoms with E-state index in [2.05, 4.69) is 15.1 Å². The smallest absolute Gasteiger partial charge is 0.175 e. The van der Waals surface area contributed by atoms with Crippen LogP contribution >= 0.6 is 23.2 Å².